The molecule has 0 unspecified atom stereocenters. The SMILES string of the molecule is CC(=O)O.CC(=O)O.N[C@@H]1C[C@H](C(=O)N2CCN(Cc3ccccc3)CC2)C[C@H]1O. The van der Waals surface area contributed by atoms with Gasteiger partial charge in [0.25, 0.3) is 11.9 Å². The summed E-state index contributed by atoms with van der Waals surface area (Å²) < 4.78 is 0. The highest BCUT2D eigenvalue weighted by Gasteiger charge is 2.37. The van der Waals surface area contributed by atoms with Gasteiger partial charge in [0.2, 0.25) is 5.91 Å². The van der Waals surface area contributed by atoms with Crippen LogP contribution in [0.5, 0.6) is 0 Å². The van der Waals surface area contributed by atoms with Crippen molar-refractivity contribution >= 4 is 17.8 Å². The molecule has 0 aromatic heterocycles. The zero-order valence-electron chi connectivity index (χ0n) is 17.6. The Morgan fingerprint density at radius 1 is 0.967 bits per heavy atom. The van der Waals surface area contributed by atoms with Gasteiger partial charge in [0.15, 0.2) is 0 Å². The van der Waals surface area contributed by atoms with Crippen molar-refractivity contribution in [1.29, 1.82) is 0 Å². The van der Waals surface area contributed by atoms with E-state index in [2.05, 4.69) is 29.2 Å². The smallest absolute Gasteiger partial charge is 0.300 e. The zero-order valence-corrected chi connectivity index (χ0v) is 17.6. The molecule has 1 aromatic rings. The molecule has 30 heavy (non-hydrogen) atoms. The van der Waals surface area contributed by atoms with Gasteiger partial charge in [0.05, 0.1) is 6.10 Å². The monoisotopic (exact) mass is 423 g/mol. The highest BCUT2D eigenvalue weighted by Crippen LogP contribution is 2.27. The fourth-order valence-electron chi connectivity index (χ4n) is 3.48. The summed E-state index contributed by atoms with van der Waals surface area (Å²) >= 11 is 0. The molecule has 3 atom stereocenters. The fraction of sp³-hybridized carbons (Fsp3) is 0.571. The van der Waals surface area contributed by atoms with Crippen molar-refractivity contribution in [3.8, 4) is 0 Å². The van der Waals surface area contributed by atoms with Crippen LogP contribution in [-0.2, 0) is 20.9 Å². The van der Waals surface area contributed by atoms with E-state index in [0.29, 0.717) is 12.8 Å². The first-order chi connectivity index (χ1) is 14.1. The first-order valence-electron chi connectivity index (χ1n) is 9.98. The number of aliphatic hydroxyl groups excluding tert-OH is 1. The van der Waals surface area contributed by atoms with Crippen LogP contribution in [-0.4, -0.2) is 81.3 Å². The summed E-state index contributed by atoms with van der Waals surface area (Å²) in [5, 5.41) is 24.6. The molecule has 0 radical (unpaired) electrons. The van der Waals surface area contributed by atoms with Gasteiger partial charge in [-0.3, -0.25) is 19.3 Å². The van der Waals surface area contributed by atoms with E-state index < -0.39 is 18.0 Å². The molecule has 1 heterocycles. The van der Waals surface area contributed by atoms with Crippen molar-refractivity contribution in [2.75, 3.05) is 26.2 Å². The number of aliphatic carboxylic acids is 2. The molecular weight excluding hydrogens is 390 g/mol. The highest BCUT2D eigenvalue weighted by atomic mass is 16.4. The maximum Gasteiger partial charge on any atom is 0.300 e. The molecule has 1 saturated heterocycles. The fourth-order valence-corrected chi connectivity index (χ4v) is 3.48. The van der Waals surface area contributed by atoms with Crippen molar-refractivity contribution in [2.45, 2.75) is 45.4 Å². The third-order valence-electron chi connectivity index (χ3n) is 4.86. The molecule has 9 nitrogen and oxygen atoms in total. The number of rotatable bonds is 3. The summed E-state index contributed by atoms with van der Waals surface area (Å²) in [4.78, 5) is 34.8. The summed E-state index contributed by atoms with van der Waals surface area (Å²) in [5.41, 5.74) is 7.13. The number of benzene rings is 1. The van der Waals surface area contributed by atoms with Gasteiger partial charge in [-0.1, -0.05) is 30.3 Å². The number of carbonyl (C=O) groups is 3. The van der Waals surface area contributed by atoms with E-state index in [1.54, 1.807) is 0 Å². The Balaban J connectivity index is 0.000000485. The van der Waals surface area contributed by atoms with E-state index in [9.17, 15) is 9.90 Å². The Morgan fingerprint density at radius 3 is 1.90 bits per heavy atom. The summed E-state index contributed by atoms with van der Waals surface area (Å²) in [6, 6.07) is 10.2. The second-order valence-corrected chi connectivity index (χ2v) is 7.52. The van der Waals surface area contributed by atoms with Crippen LogP contribution in [0.3, 0.4) is 0 Å². The number of hydrogen-bond acceptors (Lipinski definition) is 6. The average molecular weight is 424 g/mol. The van der Waals surface area contributed by atoms with E-state index in [-0.39, 0.29) is 17.9 Å². The van der Waals surface area contributed by atoms with Crippen molar-refractivity contribution in [3.63, 3.8) is 0 Å². The van der Waals surface area contributed by atoms with Crippen molar-refractivity contribution in [1.82, 2.24) is 9.80 Å². The molecule has 1 aromatic carbocycles. The normalized spacial score (nSPS) is 23.5. The molecule has 2 fully saturated rings. The van der Waals surface area contributed by atoms with Gasteiger partial charge < -0.3 is 26.0 Å². The maximum atomic E-state index is 12.5. The molecular formula is C21H33N3O6. The third kappa shape index (κ3) is 9.82. The van der Waals surface area contributed by atoms with Crippen molar-refractivity contribution < 1.29 is 29.7 Å². The lowest BCUT2D eigenvalue weighted by molar-refractivity contribution is -0.137. The van der Waals surface area contributed by atoms with E-state index in [1.807, 2.05) is 11.0 Å². The van der Waals surface area contributed by atoms with E-state index in [0.717, 1.165) is 46.6 Å². The minimum absolute atomic E-state index is 0.0920. The Bertz CT molecular complexity index is 647. The number of carboxylic acid groups (broad SMARTS) is 2. The van der Waals surface area contributed by atoms with Crippen LogP contribution >= 0.6 is 0 Å². The number of hydrogen-bond donors (Lipinski definition) is 4. The van der Waals surface area contributed by atoms with Gasteiger partial charge in [-0.05, 0) is 18.4 Å². The molecule has 1 aliphatic heterocycles. The number of aliphatic hydroxyl groups is 1. The number of carboxylic acids is 2. The Hall–Kier alpha value is -2.49. The van der Waals surface area contributed by atoms with Gasteiger partial charge in [-0.15, -0.1) is 0 Å². The molecule has 168 valence electrons. The molecule has 3 rings (SSSR count). The van der Waals surface area contributed by atoms with Crippen LogP contribution in [0.1, 0.15) is 32.3 Å². The van der Waals surface area contributed by atoms with Crippen LogP contribution in [0.15, 0.2) is 30.3 Å². The van der Waals surface area contributed by atoms with Gasteiger partial charge in [0.1, 0.15) is 0 Å². The average Bonchev–Trinajstić information content (AvgIpc) is 3.00. The van der Waals surface area contributed by atoms with Crippen molar-refractivity contribution in [3.05, 3.63) is 35.9 Å². The summed E-state index contributed by atoms with van der Waals surface area (Å²) in [7, 11) is 0. The molecule has 9 heteroatoms. The van der Waals surface area contributed by atoms with Crippen LogP contribution in [0.2, 0.25) is 0 Å². The minimum Gasteiger partial charge on any atom is -0.481 e. The van der Waals surface area contributed by atoms with Crippen LogP contribution in [0, 0.1) is 5.92 Å². The molecule has 0 spiro atoms. The number of piperazine rings is 1. The van der Waals surface area contributed by atoms with Gasteiger partial charge >= 0.3 is 0 Å². The molecule has 1 amide bonds. The molecule has 1 aliphatic carbocycles. The number of nitrogens with zero attached hydrogens (tertiary/aromatic N) is 2. The topological polar surface area (TPSA) is 144 Å². The largest absolute Gasteiger partial charge is 0.481 e. The van der Waals surface area contributed by atoms with E-state index >= 15 is 0 Å². The third-order valence-corrected chi connectivity index (χ3v) is 4.86. The lowest BCUT2D eigenvalue weighted by Crippen LogP contribution is -2.49. The molecule has 1 saturated carbocycles. The Kier molecular flexibility index (Phi) is 11.0. The minimum atomic E-state index is -0.833. The summed E-state index contributed by atoms with van der Waals surface area (Å²) in [6.45, 7) is 6.46. The maximum absolute atomic E-state index is 12.5. The van der Waals surface area contributed by atoms with Crippen molar-refractivity contribution in [2.24, 2.45) is 11.7 Å². The zero-order chi connectivity index (χ0) is 22.7. The molecule has 5 N–H and O–H groups in total. The van der Waals surface area contributed by atoms with E-state index in [4.69, 9.17) is 25.5 Å². The number of amides is 1. The molecule has 2 aliphatic rings. The first kappa shape index (κ1) is 25.5. The lowest BCUT2D eigenvalue weighted by atomic mass is 10.1. The Labute approximate surface area is 177 Å². The van der Waals surface area contributed by atoms with Crippen LogP contribution in [0.25, 0.3) is 0 Å². The quantitative estimate of drug-likeness (QED) is 0.553. The lowest BCUT2D eigenvalue weighted by Gasteiger charge is -2.36. The molecule has 0 bridgehead atoms. The number of carbonyl (C=O) groups excluding carboxylic acids is 1. The number of nitrogens with two attached hydrogens (primary N) is 1. The Morgan fingerprint density at radius 2 is 1.47 bits per heavy atom. The second kappa shape index (κ2) is 12.9. The van der Waals surface area contributed by atoms with E-state index in [1.165, 1.54) is 5.56 Å². The van der Waals surface area contributed by atoms with Crippen LogP contribution in [0.4, 0.5) is 0 Å². The standard InChI is InChI=1S/C17H25N3O2.2C2H4O2/c18-15-10-14(11-16(15)21)17(22)20-8-6-19(7-9-20)12-13-4-2-1-3-5-13;2*1-2(3)4/h1-5,14-16,21H,6-12,18H2;2*1H3,(H,3,4)/t14-,15+,16+;;/m0../s1. The predicted octanol–water partition coefficient (Wildman–Crippen LogP) is 0.611. The highest BCUT2D eigenvalue weighted by molar-refractivity contribution is 5.79. The predicted molar refractivity (Wildman–Crippen MR) is 112 cm³/mol. The van der Waals surface area contributed by atoms with Gasteiger partial charge in [0, 0.05) is 58.5 Å². The first-order valence-corrected chi connectivity index (χ1v) is 9.98. The van der Waals surface area contributed by atoms with Crippen LogP contribution < -0.4 is 5.73 Å². The summed E-state index contributed by atoms with van der Waals surface area (Å²) in [6.07, 6.45) is 0.613. The van der Waals surface area contributed by atoms with Gasteiger partial charge in [-0.25, -0.2) is 0 Å². The van der Waals surface area contributed by atoms with Gasteiger partial charge in [-0.2, -0.15) is 0 Å². The second-order valence-electron chi connectivity index (χ2n) is 7.52. The summed E-state index contributed by atoms with van der Waals surface area (Å²) in [5.74, 6) is -1.59.